The Kier molecular flexibility index (Phi) is 5.63. The zero-order chi connectivity index (χ0) is 20.1. The van der Waals surface area contributed by atoms with Crippen LogP contribution in [0.15, 0.2) is 94.4 Å². The van der Waals surface area contributed by atoms with Gasteiger partial charge in [-0.3, -0.25) is 9.59 Å². The van der Waals surface area contributed by atoms with Crippen molar-refractivity contribution in [2.45, 2.75) is 4.90 Å². The number of anilines is 2. The maximum absolute atomic E-state index is 12.4. The molecule has 1 heterocycles. The molecule has 0 atom stereocenters. The topological polar surface area (TPSA) is 71.3 Å². The average molecular weight is 402 g/mol. The van der Waals surface area contributed by atoms with Gasteiger partial charge in [-0.15, -0.1) is 11.8 Å². The van der Waals surface area contributed by atoms with E-state index in [1.807, 2.05) is 54.6 Å². The molecule has 3 aromatic carbocycles. The van der Waals surface area contributed by atoms with Crippen LogP contribution >= 0.6 is 11.8 Å². The van der Waals surface area contributed by atoms with E-state index < -0.39 is 0 Å². The van der Waals surface area contributed by atoms with Gasteiger partial charge in [-0.25, -0.2) is 0 Å². The molecular formula is C23H18N2O3S. The monoisotopic (exact) mass is 402 g/mol. The van der Waals surface area contributed by atoms with E-state index in [1.54, 1.807) is 24.3 Å². The van der Waals surface area contributed by atoms with E-state index in [0.717, 1.165) is 21.4 Å². The molecule has 2 amide bonds. The zero-order valence-electron chi connectivity index (χ0n) is 15.4. The summed E-state index contributed by atoms with van der Waals surface area (Å²) in [7, 11) is 0. The number of nitrogens with one attached hydrogen (secondary N) is 2. The molecule has 0 radical (unpaired) electrons. The van der Waals surface area contributed by atoms with Gasteiger partial charge in [-0.05, 0) is 47.9 Å². The molecule has 0 unspecified atom stereocenters. The number of hydrogen-bond acceptors (Lipinski definition) is 4. The number of rotatable bonds is 6. The van der Waals surface area contributed by atoms with Crippen LogP contribution in [0.3, 0.4) is 0 Å². The molecule has 2 N–H and O–H groups in total. The normalized spacial score (nSPS) is 10.6. The summed E-state index contributed by atoms with van der Waals surface area (Å²) in [5.41, 5.74) is 1.47. The van der Waals surface area contributed by atoms with E-state index in [1.165, 1.54) is 18.0 Å². The third-order valence-corrected chi connectivity index (χ3v) is 5.30. The third-order valence-electron chi connectivity index (χ3n) is 4.29. The Bertz CT molecular complexity index is 1130. The fourth-order valence-corrected chi connectivity index (χ4v) is 3.60. The summed E-state index contributed by atoms with van der Waals surface area (Å²) in [6, 6.07) is 24.4. The highest BCUT2D eigenvalue weighted by atomic mass is 32.2. The van der Waals surface area contributed by atoms with Crippen LogP contribution in [-0.4, -0.2) is 17.6 Å². The maximum Gasteiger partial charge on any atom is 0.291 e. The molecule has 0 saturated carbocycles. The molecule has 6 heteroatoms. The minimum atomic E-state index is -0.301. The Morgan fingerprint density at radius 1 is 0.828 bits per heavy atom. The van der Waals surface area contributed by atoms with Gasteiger partial charge in [0.2, 0.25) is 5.91 Å². The van der Waals surface area contributed by atoms with Crippen LogP contribution in [0.2, 0.25) is 0 Å². The number of carbonyl (C=O) groups excluding carboxylic acids is 2. The van der Waals surface area contributed by atoms with Crippen molar-refractivity contribution >= 4 is 45.7 Å². The number of amides is 2. The van der Waals surface area contributed by atoms with Crippen molar-refractivity contribution in [1.29, 1.82) is 0 Å². The Hall–Kier alpha value is -3.51. The van der Waals surface area contributed by atoms with Gasteiger partial charge in [0.15, 0.2) is 5.76 Å². The van der Waals surface area contributed by atoms with Crippen LogP contribution < -0.4 is 10.6 Å². The lowest BCUT2D eigenvalue weighted by molar-refractivity contribution is -0.113. The van der Waals surface area contributed by atoms with Crippen LogP contribution in [0.5, 0.6) is 0 Å². The van der Waals surface area contributed by atoms with E-state index in [9.17, 15) is 9.59 Å². The summed E-state index contributed by atoms with van der Waals surface area (Å²) in [4.78, 5) is 25.3. The van der Waals surface area contributed by atoms with Crippen molar-refractivity contribution in [3.8, 4) is 0 Å². The van der Waals surface area contributed by atoms with Gasteiger partial charge in [0.1, 0.15) is 0 Å². The summed E-state index contributed by atoms with van der Waals surface area (Å²) in [6.07, 6.45) is 1.46. The molecule has 5 nitrogen and oxygen atoms in total. The van der Waals surface area contributed by atoms with Crippen LogP contribution in [0.1, 0.15) is 10.6 Å². The molecule has 144 valence electrons. The van der Waals surface area contributed by atoms with Crippen LogP contribution in [-0.2, 0) is 4.79 Å². The quantitative estimate of drug-likeness (QED) is 0.423. The fraction of sp³-hybridized carbons (Fsp3) is 0.0435. The number of furan rings is 1. The second-order valence-corrected chi connectivity index (χ2v) is 7.37. The van der Waals surface area contributed by atoms with E-state index in [4.69, 9.17) is 4.42 Å². The minimum absolute atomic E-state index is 0.0680. The molecule has 4 aromatic rings. The van der Waals surface area contributed by atoms with Gasteiger partial charge < -0.3 is 15.1 Å². The van der Waals surface area contributed by atoms with E-state index in [2.05, 4.69) is 10.6 Å². The Morgan fingerprint density at radius 2 is 1.62 bits per heavy atom. The first-order valence-corrected chi connectivity index (χ1v) is 10.0. The molecule has 29 heavy (non-hydrogen) atoms. The van der Waals surface area contributed by atoms with Crippen molar-refractivity contribution in [2.24, 2.45) is 0 Å². The second kappa shape index (κ2) is 8.67. The van der Waals surface area contributed by atoms with Crippen LogP contribution in [0.25, 0.3) is 10.8 Å². The molecule has 1 aromatic heterocycles. The van der Waals surface area contributed by atoms with Crippen molar-refractivity contribution in [2.75, 3.05) is 16.4 Å². The number of fused-ring (bicyclic) bond motifs is 1. The summed E-state index contributed by atoms with van der Waals surface area (Å²) in [5, 5.41) is 7.85. The van der Waals surface area contributed by atoms with Gasteiger partial charge in [-0.1, -0.05) is 36.4 Å². The third kappa shape index (κ3) is 4.67. The first-order valence-electron chi connectivity index (χ1n) is 9.04. The van der Waals surface area contributed by atoms with Gasteiger partial charge in [0, 0.05) is 21.7 Å². The molecule has 0 aliphatic carbocycles. The van der Waals surface area contributed by atoms with Gasteiger partial charge in [0.25, 0.3) is 5.91 Å². The lowest BCUT2D eigenvalue weighted by Crippen LogP contribution is -2.14. The predicted molar refractivity (Wildman–Crippen MR) is 116 cm³/mol. The average Bonchev–Trinajstić information content (AvgIpc) is 3.29. The molecule has 0 bridgehead atoms. The lowest BCUT2D eigenvalue weighted by Gasteiger charge is -2.09. The number of thioether (sulfide) groups is 1. The van der Waals surface area contributed by atoms with Crippen molar-refractivity contribution in [1.82, 2.24) is 0 Å². The van der Waals surface area contributed by atoms with E-state index in [-0.39, 0.29) is 17.6 Å². The Balaban J connectivity index is 1.33. The molecule has 0 aliphatic heterocycles. The lowest BCUT2D eigenvalue weighted by atomic mass is 10.1. The molecule has 4 rings (SSSR count). The van der Waals surface area contributed by atoms with Gasteiger partial charge >= 0.3 is 0 Å². The maximum atomic E-state index is 12.4. The van der Waals surface area contributed by atoms with E-state index in [0.29, 0.717) is 11.4 Å². The second-order valence-electron chi connectivity index (χ2n) is 6.32. The summed E-state index contributed by atoms with van der Waals surface area (Å²) >= 11 is 1.44. The fourth-order valence-electron chi connectivity index (χ4n) is 2.90. The molecule has 0 fully saturated rings. The number of carbonyl (C=O) groups is 2. The number of benzene rings is 3. The Morgan fingerprint density at radius 3 is 2.41 bits per heavy atom. The van der Waals surface area contributed by atoms with Gasteiger partial charge in [0.05, 0.1) is 12.0 Å². The summed E-state index contributed by atoms with van der Waals surface area (Å²) in [6.45, 7) is 0. The van der Waals surface area contributed by atoms with Gasteiger partial charge in [-0.2, -0.15) is 0 Å². The Labute approximate surface area is 172 Å². The standard InChI is InChI=1S/C23H18N2O3S/c26-22(25-20-8-3-6-16-5-1-2-7-19(16)20)15-29-18-12-10-17(11-13-18)24-23(27)21-9-4-14-28-21/h1-14H,15H2,(H,24,27)(H,25,26). The predicted octanol–water partition coefficient (Wildman–Crippen LogP) is 5.42. The zero-order valence-corrected chi connectivity index (χ0v) is 16.2. The molecule has 0 aliphatic rings. The highest BCUT2D eigenvalue weighted by Crippen LogP contribution is 2.24. The smallest absolute Gasteiger partial charge is 0.291 e. The highest BCUT2D eigenvalue weighted by Gasteiger charge is 2.09. The number of hydrogen-bond donors (Lipinski definition) is 2. The van der Waals surface area contributed by atoms with Crippen LogP contribution in [0, 0.1) is 0 Å². The first kappa shape index (κ1) is 18.8. The van der Waals surface area contributed by atoms with E-state index >= 15 is 0 Å². The highest BCUT2D eigenvalue weighted by molar-refractivity contribution is 8.00. The largest absolute Gasteiger partial charge is 0.459 e. The van der Waals surface area contributed by atoms with Crippen molar-refractivity contribution in [3.05, 3.63) is 90.9 Å². The molecule has 0 saturated heterocycles. The first-order chi connectivity index (χ1) is 14.2. The molecule has 0 spiro atoms. The minimum Gasteiger partial charge on any atom is -0.459 e. The SMILES string of the molecule is O=C(CSc1ccc(NC(=O)c2ccco2)cc1)Nc1cccc2ccccc12. The van der Waals surface area contributed by atoms with Crippen molar-refractivity contribution in [3.63, 3.8) is 0 Å². The molecular weight excluding hydrogens is 384 g/mol. The summed E-state index contributed by atoms with van der Waals surface area (Å²) < 4.78 is 5.07. The van der Waals surface area contributed by atoms with Crippen LogP contribution in [0.4, 0.5) is 11.4 Å². The summed E-state index contributed by atoms with van der Waals surface area (Å²) in [5.74, 6) is 0.182. The van der Waals surface area contributed by atoms with Crippen molar-refractivity contribution < 1.29 is 14.0 Å².